The van der Waals surface area contributed by atoms with Gasteiger partial charge in [-0.1, -0.05) is 0 Å². The molecule has 1 aliphatic heterocycles. The van der Waals surface area contributed by atoms with Crippen molar-refractivity contribution in [3.63, 3.8) is 0 Å². The minimum Gasteiger partial charge on any atom is -0.377 e. The fraction of sp³-hybridized carbons (Fsp3) is 0.647. The highest BCUT2D eigenvalue weighted by Crippen LogP contribution is 2.27. The van der Waals surface area contributed by atoms with Gasteiger partial charge < -0.3 is 15.0 Å². The van der Waals surface area contributed by atoms with E-state index < -0.39 is 0 Å². The van der Waals surface area contributed by atoms with Crippen LogP contribution in [0.25, 0.3) is 0 Å². The Morgan fingerprint density at radius 3 is 2.95 bits per heavy atom. The van der Waals surface area contributed by atoms with E-state index in [4.69, 9.17) is 4.74 Å². The summed E-state index contributed by atoms with van der Waals surface area (Å²) in [5.74, 6) is -0.148. The number of benzene rings is 1. The average Bonchev–Trinajstić information content (AvgIpc) is 3.30. The Morgan fingerprint density at radius 1 is 1.33 bits per heavy atom. The molecule has 1 N–H and O–H groups in total. The molecule has 0 amide bonds. The highest BCUT2D eigenvalue weighted by Gasteiger charge is 2.24. The standard InChI is InChI=1S/C17H25FN2O/c1-2-21-16-4-3-9-20(12-16)17-8-5-14(18)10-13(17)11-19-15-6-7-15/h5,8,10,15-16,19H,2-4,6-7,9,11-12H2,1H3. The van der Waals surface area contributed by atoms with Gasteiger partial charge in [0.25, 0.3) is 0 Å². The maximum atomic E-state index is 13.6. The van der Waals surface area contributed by atoms with Crippen LogP contribution < -0.4 is 10.2 Å². The van der Waals surface area contributed by atoms with Gasteiger partial charge in [-0.05, 0) is 56.4 Å². The van der Waals surface area contributed by atoms with E-state index in [9.17, 15) is 4.39 Å². The Bertz CT molecular complexity index is 474. The van der Waals surface area contributed by atoms with Crippen molar-refractivity contribution in [2.24, 2.45) is 0 Å². The van der Waals surface area contributed by atoms with Crippen molar-refractivity contribution in [2.45, 2.75) is 51.3 Å². The number of nitrogens with one attached hydrogen (secondary N) is 1. The molecule has 21 heavy (non-hydrogen) atoms. The number of ether oxygens (including phenoxy) is 1. The molecule has 0 bridgehead atoms. The lowest BCUT2D eigenvalue weighted by Crippen LogP contribution is -2.40. The SMILES string of the molecule is CCOC1CCCN(c2ccc(F)cc2CNC2CC2)C1. The van der Waals surface area contributed by atoms with Crippen molar-refractivity contribution in [1.82, 2.24) is 5.32 Å². The lowest BCUT2D eigenvalue weighted by molar-refractivity contribution is 0.0526. The first-order chi connectivity index (χ1) is 10.3. The summed E-state index contributed by atoms with van der Waals surface area (Å²) >= 11 is 0. The molecule has 1 aromatic rings. The molecule has 2 fully saturated rings. The van der Waals surface area contributed by atoms with Crippen LogP contribution in [0.2, 0.25) is 0 Å². The fourth-order valence-corrected chi connectivity index (χ4v) is 3.07. The molecule has 4 heteroatoms. The van der Waals surface area contributed by atoms with E-state index in [2.05, 4.69) is 10.2 Å². The first-order valence-electron chi connectivity index (χ1n) is 8.14. The van der Waals surface area contributed by atoms with Gasteiger partial charge in [-0.3, -0.25) is 0 Å². The van der Waals surface area contributed by atoms with Crippen LogP contribution in [0.3, 0.4) is 0 Å². The van der Waals surface area contributed by atoms with Crippen LogP contribution in [0, 0.1) is 5.82 Å². The third-order valence-electron chi connectivity index (χ3n) is 4.32. The minimum absolute atomic E-state index is 0.148. The van der Waals surface area contributed by atoms with Crippen molar-refractivity contribution in [3.8, 4) is 0 Å². The van der Waals surface area contributed by atoms with Gasteiger partial charge in [-0.25, -0.2) is 4.39 Å². The van der Waals surface area contributed by atoms with Crippen molar-refractivity contribution in [2.75, 3.05) is 24.6 Å². The molecule has 3 rings (SSSR count). The summed E-state index contributed by atoms with van der Waals surface area (Å²) in [6.07, 6.45) is 5.07. The van der Waals surface area contributed by atoms with Gasteiger partial charge in [0.2, 0.25) is 0 Å². The zero-order valence-electron chi connectivity index (χ0n) is 12.8. The molecule has 3 nitrogen and oxygen atoms in total. The second-order valence-corrected chi connectivity index (χ2v) is 6.09. The smallest absolute Gasteiger partial charge is 0.123 e. The van der Waals surface area contributed by atoms with Crippen molar-refractivity contribution in [1.29, 1.82) is 0 Å². The van der Waals surface area contributed by atoms with Crippen molar-refractivity contribution < 1.29 is 9.13 Å². The van der Waals surface area contributed by atoms with Gasteiger partial charge in [0.1, 0.15) is 5.82 Å². The highest BCUT2D eigenvalue weighted by molar-refractivity contribution is 5.54. The zero-order chi connectivity index (χ0) is 14.7. The molecule has 1 unspecified atom stereocenters. The number of halogens is 1. The van der Waals surface area contributed by atoms with Gasteiger partial charge in [0, 0.05) is 38.0 Å². The van der Waals surface area contributed by atoms with Gasteiger partial charge in [0.05, 0.1) is 6.10 Å². The third-order valence-corrected chi connectivity index (χ3v) is 4.32. The van der Waals surface area contributed by atoms with Crippen LogP contribution in [0.15, 0.2) is 18.2 Å². The van der Waals surface area contributed by atoms with E-state index in [0.717, 1.165) is 50.3 Å². The predicted octanol–water partition coefficient (Wildman–Crippen LogP) is 3.08. The van der Waals surface area contributed by atoms with E-state index >= 15 is 0 Å². The van der Waals surface area contributed by atoms with Crippen LogP contribution in [-0.2, 0) is 11.3 Å². The van der Waals surface area contributed by atoms with E-state index in [0.29, 0.717) is 12.1 Å². The van der Waals surface area contributed by atoms with Crippen LogP contribution in [-0.4, -0.2) is 31.8 Å². The van der Waals surface area contributed by atoms with Crippen LogP contribution in [0.1, 0.15) is 38.2 Å². The lowest BCUT2D eigenvalue weighted by Gasteiger charge is -2.35. The second-order valence-electron chi connectivity index (χ2n) is 6.09. The first kappa shape index (κ1) is 14.8. The van der Waals surface area contributed by atoms with E-state index in [-0.39, 0.29) is 5.82 Å². The average molecular weight is 292 g/mol. The number of rotatable bonds is 6. The Balaban J connectivity index is 1.72. The Labute approximate surface area is 126 Å². The summed E-state index contributed by atoms with van der Waals surface area (Å²) in [5.41, 5.74) is 2.23. The van der Waals surface area contributed by atoms with Crippen LogP contribution in [0.5, 0.6) is 0 Å². The molecule has 0 radical (unpaired) electrons. The fourth-order valence-electron chi connectivity index (χ4n) is 3.07. The summed E-state index contributed by atoms with van der Waals surface area (Å²) in [4.78, 5) is 2.35. The monoisotopic (exact) mass is 292 g/mol. The molecule has 1 atom stereocenters. The maximum Gasteiger partial charge on any atom is 0.123 e. The summed E-state index contributed by atoms with van der Waals surface area (Å²) in [5, 5.41) is 3.49. The van der Waals surface area contributed by atoms with Gasteiger partial charge in [-0.2, -0.15) is 0 Å². The molecule has 0 aromatic heterocycles. The number of hydrogen-bond acceptors (Lipinski definition) is 3. The largest absolute Gasteiger partial charge is 0.377 e. The predicted molar refractivity (Wildman–Crippen MR) is 83.1 cm³/mol. The van der Waals surface area contributed by atoms with Crippen molar-refractivity contribution >= 4 is 5.69 Å². The molecule has 1 saturated carbocycles. The molecule has 1 heterocycles. The Hall–Kier alpha value is -1.13. The summed E-state index contributed by atoms with van der Waals surface area (Å²) in [6.45, 7) is 5.51. The Kier molecular flexibility index (Phi) is 4.76. The quantitative estimate of drug-likeness (QED) is 0.872. The number of hydrogen-bond donors (Lipinski definition) is 1. The third kappa shape index (κ3) is 3.95. The first-order valence-corrected chi connectivity index (χ1v) is 8.14. The molecule has 0 spiro atoms. The highest BCUT2D eigenvalue weighted by atomic mass is 19.1. The van der Waals surface area contributed by atoms with Gasteiger partial charge in [0.15, 0.2) is 0 Å². The van der Waals surface area contributed by atoms with Crippen LogP contribution in [0.4, 0.5) is 10.1 Å². The molecular weight excluding hydrogens is 267 g/mol. The normalized spacial score (nSPS) is 22.6. The summed E-state index contributed by atoms with van der Waals surface area (Å²) in [7, 11) is 0. The van der Waals surface area contributed by atoms with Gasteiger partial charge in [-0.15, -0.1) is 0 Å². The number of nitrogens with zero attached hydrogens (tertiary/aromatic N) is 1. The van der Waals surface area contributed by atoms with E-state index in [1.807, 2.05) is 13.0 Å². The lowest BCUT2D eigenvalue weighted by atomic mass is 10.0. The summed E-state index contributed by atoms with van der Waals surface area (Å²) in [6, 6.07) is 5.81. The topological polar surface area (TPSA) is 24.5 Å². The van der Waals surface area contributed by atoms with E-state index in [1.54, 1.807) is 12.1 Å². The Morgan fingerprint density at radius 2 is 2.19 bits per heavy atom. The van der Waals surface area contributed by atoms with E-state index in [1.165, 1.54) is 12.8 Å². The minimum atomic E-state index is -0.148. The molecular formula is C17H25FN2O. The molecule has 2 aliphatic rings. The summed E-state index contributed by atoms with van der Waals surface area (Å²) < 4.78 is 19.4. The molecule has 1 aromatic carbocycles. The van der Waals surface area contributed by atoms with Crippen molar-refractivity contribution in [3.05, 3.63) is 29.6 Å². The molecule has 116 valence electrons. The molecule has 1 saturated heterocycles. The number of piperidine rings is 1. The van der Waals surface area contributed by atoms with Crippen LogP contribution >= 0.6 is 0 Å². The maximum absolute atomic E-state index is 13.6. The second kappa shape index (κ2) is 6.75. The zero-order valence-corrected chi connectivity index (χ0v) is 12.8. The van der Waals surface area contributed by atoms with Gasteiger partial charge >= 0.3 is 0 Å². The molecule has 1 aliphatic carbocycles. The number of anilines is 1.